The lowest BCUT2D eigenvalue weighted by atomic mass is 9.45. The van der Waals surface area contributed by atoms with Gasteiger partial charge in [0.05, 0.1) is 7.85 Å². The molecule has 0 saturated heterocycles. The molecule has 0 atom stereocenters. The second kappa shape index (κ2) is 3.67. The van der Waals surface area contributed by atoms with E-state index in [4.69, 9.17) is 7.85 Å². The molecule has 13 heavy (non-hydrogen) atoms. The molecule has 2 radical (unpaired) electrons. The Hall–Kier alpha value is 0.0649. The predicted molar refractivity (Wildman–Crippen MR) is 60.2 cm³/mol. The van der Waals surface area contributed by atoms with Crippen LogP contribution in [0.1, 0.15) is 59.8 Å². The van der Waals surface area contributed by atoms with Gasteiger partial charge in [-0.05, 0) is 11.3 Å². The van der Waals surface area contributed by atoms with Crippen LogP contribution in [0.3, 0.4) is 0 Å². The van der Waals surface area contributed by atoms with Crippen LogP contribution in [0.25, 0.3) is 0 Å². The lowest BCUT2D eigenvalue weighted by Crippen LogP contribution is -2.37. The predicted octanol–water partition coefficient (Wildman–Crippen LogP) is 3.96. The fraction of sp³-hybridized carbons (Fsp3) is 1.00. The maximum Gasteiger partial charge on any atom is 0.0753 e. The highest BCUT2D eigenvalue weighted by molar-refractivity contribution is 6.15. The second-order valence-electron chi connectivity index (χ2n) is 5.59. The summed E-state index contributed by atoms with van der Waals surface area (Å²) in [6, 6.07) is 0. The van der Waals surface area contributed by atoms with Crippen molar-refractivity contribution in [2.24, 2.45) is 11.3 Å². The maximum absolute atomic E-state index is 6.54. The third kappa shape index (κ3) is 1.95. The van der Waals surface area contributed by atoms with Gasteiger partial charge in [-0.1, -0.05) is 65.1 Å². The van der Waals surface area contributed by atoms with Crippen LogP contribution in [-0.4, -0.2) is 7.85 Å². The van der Waals surface area contributed by atoms with E-state index in [-0.39, 0.29) is 10.7 Å². The molecule has 0 heterocycles. The van der Waals surface area contributed by atoms with Crippen LogP contribution in [0.4, 0.5) is 0 Å². The van der Waals surface area contributed by atoms with Crippen LogP contribution in [0.5, 0.6) is 0 Å². The van der Waals surface area contributed by atoms with Gasteiger partial charge in [-0.15, -0.1) is 0 Å². The van der Waals surface area contributed by atoms with Crippen molar-refractivity contribution >= 4 is 7.85 Å². The first-order chi connectivity index (χ1) is 5.90. The van der Waals surface area contributed by atoms with Gasteiger partial charge in [-0.25, -0.2) is 0 Å². The third-order valence-electron chi connectivity index (χ3n) is 4.47. The van der Waals surface area contributed by atoms with E-state index in [9.17, 15) is 0 Å². The summed E-state index contributed by atoms with van der Waals surface area (Å²) in [5, 5.41) is 0.0966. The molecule has 1 rings (SSSR count). The van der Waals surface area contributed by atoms with Crippen LogP contribution in [0, 0.1) is 11.3 Å². The summed E-state index contributed by atoms with van der Waals surface area (Å²) in [7, 11) is 6.54. The van der Waals surface area contributed by atoms with E-state index in [0.717, 1.165) is 0 Å². The first kappa shape index (κ1) is 11.1. The SMILES string of the molecule is [B]C1(C(C)(C)C(C)C)CCCCC1. The molecular formula is C12H23B. The highest BCUT2D eigenvalue weighted by Gasteiger charge is 2.42. The van der Waals surface area contributed by atoms with Crippen molar-refractivity contribution in [3.8, 4) is 0 Å². The Bertz CT molecular complexity index is 164. The monoisotopic (exact) mass is 178 g/mol. The summed E-state index contributed by atoms with van der Waals surface area (Å²) in [5.41, 5.74) is 0.285. The molecule has 74 valence electrons. The van der Waals surface area contributed by atoms with Gasteiger partial charge in [-0.2, -0.15) is 0 Å². The van der Waals surface area contributed by atoms with Crippen molar-refractivity contribution < 1.29 is 0 Å². The number of hydrogen-bond acceptors (Lipinski definition) is 0. The summed E-state index contributed by atoms with van der Waals surface area (Å²) in [6.45, 7) is 9.26. The Kier molecular flexibility index (Phi) is 3.14. The second-order valence-corrected chi connectivity index (χ2v) is 5.59. The minimum atomic E-state index is 0.0966. The largest absolute Gasteiger partial charge is 0.0753 e. The highest BCUT2D eigenvalue weighted by atomic mass is 14.4. The third-order valence-corrected chi connectivity index (χ3v) is 4.47. The van der Waals surface area contributed by atoms with Crippen LogP contribution in [0.15, 0.2) is 0 Å². The zero-order chi connectivity index (χ0) is 10.1. The molecule has 0 N–H and O–H groups in total. The normalized spacial score (nSPS) is 23.5. The number of hydrogen-bond donors (Lipinski definition) is 0. The Morgan fingerprint density at radius 1 is 1.08 bits per heavy atom. The van der Waals surface area contributed by atoms with Gasteiger partial charge in [0.2, 0.25) is 0 Å². The molecule has 1 heteroatoms. The quantitative estimate of drug-likeness (QED) is 0.561. The van der Waals surface area contributed by atoms with E-state index in [1.807, 2.05) is 0 Å². The van der Waals surface area contributed by atoms with Crippen molar-refractivity contribution in [1.29, 1.82) is 0 Å². The molecule has 0 nitrogen and oxygen atoms in total. The Morgan fingerprint density at radius 2 is 1.54 bits per heavy atom. The standard InChI is InChI=1S/C12H23B/c1-10(2)11(3,4)12(13)8-6-5-7-9-12/h10H,5-9H2,1-4H3. The average Bonchev–Trinajstić information content (AvgIpc) is 2.05. The number of rotatable bonds is 2. The molecule has 0 amide bonds. The van der Waals surface area contributed by atoms with E-state index < -0.39 is 0 Å². The van der Waals surface area contributed by atoms with E-state index in [2.05, 4.69) is 27.7 Å². The van der Waals surface area contributed by atoms with Crippen molar-refractivity contribution in [2.75, 3.05) is 0 Å². The van der Waals surface area contributed by atoms with Gasteiger partial charge < -0.3 is 0 Å². The molecule has 1 saturated carbocycles. The van der Waals surface area contributed by atoms with E-state index in [1.54, 1.807) is 0 Å². The average molecular weight is 178 g/mol. The van der Waals surface area contributed by atoms with Gasteiger partial charge in [0.25, 0.3) is 0 Å². The van der Waals surface area contributed by atoms with Gasteiger partial charge in [-0.3, -0.25) is 0 Å². The summed E-state index contributed by atoms with van der Waals surface area (Å²) < 4.78 is 0. The van der Waals surface area contributed by atoms with Crippen LogP contribution >= 0.6 is 0 Å². The molecule has 1 aliphatic carbocycles. The van der Waals surface area contributed by atoms with Crippen molar-refractivity contribution in [3.63, 3.8) is 0 Å². The van der Waals surface area contributed by atoms with Crippen LogP contribution in [0.2, 0.25) is 5.31 Å². The van der Waals surface area contributed by atoms with E-state index in [0.29, 0.717) is 5.92 Å². The lowest BCUT2D eigenvalue weighted by molar-refractivity contribution is 0.119. The summed E-state index contributed by atoms with van der Waals surface area (Å²) in [4.78, 5) is 0. The molecular weight excluding hydrogens is 155 g/mol. The summed E-state index contributed by atoms with van der Waals surface area (Å²) in [6.07, 6.45) is 6.47. The molecule has 0 aromatic carbocycles. The minimum absolute atomic E-state index is 0.0966. The van der Waals surface area contributed by atoms with Gasteiger partial charge >= 0.3 is 0 Å². The Balaban J connectivity index is 2.76. The van der Waals surface area contributed by atoms with Gasteiger partial charge in [0.15, 0.2) is 0 Å². The fourth-order valence-corrected chi connectivity index (χ4v) is 2.40. The first-order valence-electron chi connectivity index (χ1n) is 5.69. The maximum atomic E-state index is 6.54. The van der Waals surface area contributed by atoms with Crippen LogP contribution in [-0.2, 0) is 0 Å². The van der Waals surface area contributed by atoms with Gasteiger partial charge in [0, 0.05) is 0 Å². The van der Waals surface area contributed by atoms with E-state index >= 15 is 0 Å². The highest BCUT2D eigenvalue weighted by Crippen LogP contribution is 2.56. The molecule has 0 bridgehead atoms. The van der Waals surface area contributed by atoms with E-state index in [1.165, 1.54) is 32.1 Å². The van der Waals surface area contributed by atoms with Gasteiger partial charge in [0.1, 0.15) is 0 Å². The Labute approximate surface area is 84.9 Å². The van der Waals surface area contributed by atoms with Crippen LogP contribution < -0.4 is 0 Å². The molecule has 0 aromatic heterocycles. The fourth-order valence-electron chi connectivity index (χ4n) is 2.40. The molecule has 1 aliphatic rings. The van der Waals surface area contributed by atoms with Crippen molar-refractivity contribution in [1.82, 2.24) is 0 Å². The topological polar surface area (TPSA) is 0 Å². The molecule has 0 aromatic rings. The zero-order valence-electron chi connectivity index (χ0n) is 9.69. The van der Waals surface area contributed by atoms with Crippen molar-refractivity contribution in [3.05, 3.63) is 0 Å². The Morgan fingerprint density at radius 3 is 1.92 bits per heavy atom. The smallest absolute Gasteiger partial charge is 0.0623 e. The molecule has 0 spiro atoms. The first-order valence-corrected chi connectivity index (χ1v) is 5.69. The lowest BCUT2D eigenvalue weighted by Gasteiger charge is -2.50. The molecule has 0 unspecified atom stereocenters. The summed E-state index contributed by atoms with van der Waals surface area (Å²) in [5.74, 6) is 0.676. The molecule has 0 aliphatic heterocycles. The van der Waals surface area contributed by atoms with Crippen molar-refractivity contribution in [2.45, 2.75) is 65.1 Å². The molecule has 1 fully saturated rings. The summed E-state index contributed by atoms with van der Waals surface area (Å²) >= 11 is 0. The minimum Gasteiger partial charge on any atom is -0.0623 e. The zero-order valence-corrected chi connectivity index (χ0v) is 9.69.